The summed E-state index contributed by atoms with van der Waals surface area (Å²) < 4.78 is 107. The number of hydrogen-bond acceptors (Lipinski definition) is 12. The average molecular weight is 678 g/mol. The molecular weight excluding hydrogens is 645 g/mol. The highest BCUT2D eigenvalue weighted by Crippen LogP contribution is 2.34. The first-order chi connectivity index (χ1) is 22.2. The summed E-state index contributed by atoms with van der Waals surface area (Å²) in [6.07, 6.45) is -7.59. The van der Waals surface area contributed by atoms with E-state index in [4.69, 9.17) is 33.2 Å². The van der Waals surface area contributed by atoms with Gasteiger partial charge in [-0.3, -0.25) is 23.6 Å². The Bertz CT molecular complexity index is 1430. The molecule has 0 radical (unpaired) electrons. The third-order valence-electron chi connectivity index (χ3n) is 6.33. The Hall–Kier alpha value is -4.67. The predicted octanol–water partition coefficient (Wildman–Crippen LogP) is 4.06. The van der Waals surface area contributed by atoms with Gasteiger partial charge in [0.15, 0.2) is 29.6 Å². The lowest BCUT2D eigenvalue weighted by atomic mass is 9.98. The molecule has 2 aromatic rings. The van der Waals surface area contributed by atoms with Gasteiger partial charge in [0, 0.05) is 51.6 Å². The lowest BCUT2D eigenvalue weighted by Crippen LogP contribution is -2.63. The number of halogens is 5. The Kier molecular flexibility index (Phi) is 13.1. The van der Waals surface area contributed by atoms with Gasteiger partial charge < -0.3 is 38.5 Å². The van der Waals surface area contributed by atoms with E-state index in [1.165, 1.54) is 18.2 Å². The van der Waals surface area contributed by atoms with Crippen molar-refractivity contribution in [3.8, 4) is 11.5 Å². The molecule has 1 heterocycles. The quantitative estimate of drug-likeness (QED) is 0.101. The molecule has 0 unspecified atom stereocenters. The highest BCUT2D eigenvalue weighted by atomic mass is 19.2. The maximum absolute atomic E-state index is 14.4. The topological polar surface area (TPSA) is 145 Å². The highest BCUT2D eigenvalue weighted by Gasteiger charge is 2.53. The SMILES string of the molecule is CC(=O)OC[C@H]1O[C@@H](Oc2ccc(NCCCF)cc2COc2c(F)c(F)cc(F)c2F)[C@H](OC(C)=O)[C@@H](OC(C)=O)[C@H]1OC(C)=O. The van der Waals surface area contributed by atoms with Crippen molar-refractivity contribution in [1.82, 2.24) is 0 Å². The minimum absolute atomic E-state index is 0.00587. The number of nitrogens with one attached hydrogen (secondary N) is 1. The van der Waals surface area contributed by atoms with Crippen LogP contribution in [0, 0.1) is 23.3 Å². The maximum atomic E-state index is 14.4. The van der Waals surface area contributed by atoms with E-state index in [1.807, 2.05) is 0 Å². The van der Waals surface area contributed by atoms with E-state index < -0.39 is 103 Å². The van der Waals surface area contributed by atoms with E-state index in [0.717, 1.165) is 27.7 Å². The van der Waals surface area contributed by atoms with Crippen LogP contribution >= 0.6 is 0 Å². The number of carbonyl (C=O) groups is 4. The third kappa shape index (κ3) is 10.2. The molecule has 0 aliphatic carbocycles. The van der Waals surface area contributed by atoms with E-state index in [2.05, 4.69) is 5.32 Å². The monoisotopic (exact) mass is 677 g/mol. The number of carbonyl (C=O) groups excluding carboxylic acids is 4. The fourth-order valence-electron chi connectivity index (χ4n) is 4.45. The average Bonchev–Trinajstić information content (AvgIpc) is 2.98. The van der Waals surface area contributed by atoms with E-state index in [0.29, 0.717) is 5.69 Å². The van der Waals surface area contributed by atoms with Crippen molar-refractivity contribution in [3.05, 3.63) is 53.1 Å². The number of rotatable bonds is 14. The van der Waals surface area contributed by atoms with Gasteiger partial charge in [-0.25, -0.2) is 8.78 Å². The number of ether oxygens (including phenoxy) is 7. The maximum Gasteiger partial charge on any atom is 0.303 e. The number of esters is 4. The van der Waals surface area contributed by atoms with Crippen LogP contribution in [0.4, 0.5) is 27.6 Å². The second-order valence-corrected chi connectivity index (χ2v) is 10.1. The van der Waals surface area contributed by atoms with Crippen LogP contribution in [0.1, 0.15) is 39.7 Å². The molecule has 0 spiro atoms. The largest absolute Gasteiger partial charge is 0.483 e. The summed E-state index contributed by atoms with van der Waals surface area (Å²) in [5, 5.41) is 2.90. The molecule has 0 saturated carbocycles. The molecule has 0 bridgehead atoms. The van der Waals surface area contributed by atoms with Crippen molar-refractivity contribution in [2.24, 2.45) is 0 Å². The third-order valence-corrected chi connectivity index (χ3v) is 6.33. The Morgan fingerprint density at radius 3 is 1.98 bits per heavy atom. The van der Waals surface area contributed by atoms with Crippen LogP contribution in [0.15, 0.2) is 24.3 Å². The number of anilines is 1. The van der Waals surface area contributed by atoms with Gasteiger partial charge in [0.1, 0.15) is 25.1 Å². The van der Waals surface area contributed by atoms with Crippen molar-refractivity contribution < 1.29 is 74.3 Å². The van der Waals surface area contributed by atoms with E-state index in [1.54, 1.807) is 0 Å². The Morgan fingerprint density at radius 1 is 0.809 bits per heavy atom. The zero-order valence-electron chi connectivity index (χ0n) is 25.6. The van der Waals surface area contributed by atoms with Gasteiger partial charge in [0.2, 0.25) is 24.0 Å². The van der Waals surface area contributed by atoms with Gasteiger partial charge in [0.25, 0.3) is 0 Å². The van der Waals surface area contributed by atoms with Gasteiger partial charge in [-0.1, -0.05) is 0 Å². The minimum atomic E-state index is -1.80. The first-order valence-corrected chi connectivity index (χ1v) is 14.1. The Labute approximate surface area is 265 Å². The molecule has 1 fully saturated rings. The summed E-state index contributed by atoms with van der Waals surface area (Å²) in [4.78, 5) is 47.8. The molecule has 3 rings (SSSR count). The molecule has 1 aliphatic heterocycles. The van der Waals surface area contributed by atoms with Crippen molar-refractivity contribution in [2.45, 2.75) is 71.4 Å². The first-order valence-electron chi connectivity index (χ1n) is 14.1. The van der Waals surface area contributed by atoms with E-state index in [9.17, 15) is 41.1 Å². The summed E-state index contributed by atoms with van der Waals surface area (Å²) in [6.45, 7) is 2.42. The number of alkyl halides is 1. The fourth-order valence-corrected chi connectivity index (χ4v) is 4.45. The highest BCUT2D eigenvalue weighted by molar-refractivity contribution is 5.68. The van der Waals surface area contributed by atoms with Crippen molar-refractivity contribution in [1.29, 1.82) is 0 Å². The molecular formula is C30H32F5NO11. The van der Waals surface area contributed by atoms with Crippen LogP contribution in [0.2, 0.25) is 0 Å². The van der Waals surface area contributed by atoms with Gasteiger partial charge in [-0.2, -0.15) is 8.78 Å². The lowest BCUT2D eigenvalue weighted by Gasteiger charge is -2.44. The molecule has 5 atom stereocenters. The molecule has 1 saturated heterocycles. The van der Waals surface area contributed by atoms with Crippen molar-refractivity contribution in [3.63, 3.8) is 0 Å². The van der Waals surface area contributed by atoms with Crippen LogP contribution in [0.3, 0.4) is 0 Å². The fraction of sp³-hybridized carbons (Fsp3) is 0.467. The summed E-state index contributed by atoms with van der Waals surface area (Å²) in [5.74, 6) is -12.0. The molecule has 258 valence electrons. The normalized spacial score (nSPS) is 20.5. The van der Waals surface area contributed by atoms with E-state index in [-0.39, 0.29) is 30.3 Å². The predicted molar refractivity (Wildman–Crippen MR) is 149 cm³/mol. The molecule has 17 heteroatoms. The first kappa shape index (κ1) is 36.8. The summed E-state index contributed by atoms with van der Waals surface area (Å²) >= 11 is 0. The van der Waals surface area contributed by atoms with Gasteiger partial charge >= 0.3 is 23.9 Å². The van der Waals surface area contributed by atoms with Crippen LogP contribution in [-0.4, -0.2) is 74.4 Å². The molecule has 1 aliphatic rings. The summed E-state index contributed by atoms with van der Waals surface area (Å²) in [6, 6.07) is 4.12. The summed E-state index contributed by atoms with van der Waals surface area (Å²) in [7, 11) is 0. The standard InChI is InChI=1S/C30H32F5NO11/c1-14(37)41-13-23-26(43-15(2)38)28(44-16(3)39)29(45-17(4)40)30(47-23)46-22-7-6-19(36-9-5-8-31)10-18(22)12-42-27-24(34)20(32)11-21(33)25(27)35/h6-7,10-11,23,26,28-30,36H,5,8-9,12-13H2,1-4H3/t23-,26+,28+,29-,30-/m1/s1. The molecule has 0 amide bonds. The molecule has 47 heavy (non-hydrogen) atoms. The zero-order chi connectivity index (χ0) is 34.8. The van der Waals surface area contributed by atoms with Crippen LogP contribution in [-0.2, 0) is 49.5 Å². The lowest BCUT2D eigenvalue weighted by molar-refractivity contribution is -0.288. The molecule has 12 nitrogen and oxygen atoms in total. The summed E-state index contributed by atoms with van der Waals surface area (Å²) in [5.41, 5.74) is 0.323. The smallest absolute Gasteiger partial charge is 0.303 e. The minimum Gasteiger partial charge on any atom is -0.483 e. The van der Waals surface area contributed by atoms with Crippen molar-refractivity contribution >= 4 is 29.6 Å². The molecule has 2 aromatic carbocycles. The Morgan fingerprint density at radius 2 is 1.40 bits per heavy atom. The molecule has 0 aromatic heterocycles. The Balaban J connectivity index is 2.06. The second-order valence-electron chi connectivity index (χ2n) is 10.1. The van der Waals surface area contributed by atoms with Crippen molar-refractivity contribution in [2.75, 3.05) is 25.1 Å². The van der Waals surface area contributed by atoms with Crippen LogP contribution in [0.25, 0.3) is 0 Å². The van der Waals surface area contributed by atoms with Gasteiger partial charge in [-0.05, 0) is 24.6 Å². The second kappa shape index (κ2) is 16.8. The number of benzene rings is 2. The number of hydrogen-bond donors (Lipinski definition) is 1. The van der Waals surface area contributed by atoms with Gasteiger partial charge in [-0.15, -0.1) is 0 Å². The zero-order valence-corrected chi connectivity index (χ0v) is 25.6. The van der Waals surface area contributed by atoms with Gasteiger partial charge in [0.05, 0.1) is 6.67 Å². The molecule has 1 N–H and O–H groups in total. The van der Waals surface area contributed by atoms with Crippen LogP contribution < -0.4 is 14.8 Å². The van der Waals surface area contributed by atoms with E-state index >= 15 is 0 Å². The van der Waals surface area contributed by atoms with Crippen LogP contribution in [0.5, 0.6) is 11.5 Å².